The molecule has 0 radical (unpaired) electrons. The molecule has 0 bridgehead atoms. The van der Waals surface area contributed by atoms with E-state index >= 15 is 0 Å². The smallest absolute Gasteiger partial charge is 0.0406 e. The summed E-state index contributed by atoms with van der Waals surface area (Å²) in [6, 6.07) is 26.9. The first-order valence-corrected chi connectivity index (χ1v) is 9.17. The summed E-state index contributed by atoms with van der Waals surface area (Å²) < 4.78 is 0. The Morgan fingerprint density at radius 2 is 1.50 bits per heavy atom. The number of benzene rings is 3. The lowest BCUT2D eigenvalue weighted by Crippen LogP contribution is -1.92. The summed E-state index contributed by atoms with van der Waals surface area (Å²) in [6.45, 7) is 6.55. The average Bonchev–Trinajstić information content (AvgIpc) is 2.63. The highest BCUT2D eigenvalue weighted by molar-refractivity contribution is 7.99. The first-order chi connectivity index (χ1) is 11.6. The van der Waals surface area contributed by atoms with Crippen molar-refractivity contribution in [3.05, 3.63) is 107 Å². The van der Waals surface area contributed by atoms with Crippen molar-refractivity contribution >= 4 is 28.9 Å². The van der Waals surface area contributed by atoms with Gasteiger partial charge in [-0.25, -0.2) is 0 Å². The number of hydrogen-bond acceptors (Lipinski definition) is 1. The Bertz CT molecular complexity index is 822. The molecule has 1 atom stereocenters. The van der Waals surface area contributed by atoms with Crippen LogP contribution < -0.4 is 0 Å². The molecule has 0 N–H and O–H groups in total. The molecule has 0 saturated carbocycles. The maximum atomic E-state index is 6.00. The van der Waals surface area contributed by atoms with Gasteiger partial charge in [-0.05, 0) is 47.4 Å². The molecule has 0 aliphatic heterocycles. The Hall–Kier alpha value is -1.96. The summed E-state index contributed by atoms with van der Waals surface area (Å²) in [4.78, 5) is 1.24. The Balaban J connectivity index is 1.88. The van der Waals surface area contributed by atoms with Crippen LogP contribution in [0.25, 0.3) is 5.57 Å². The fourth-order valence-electron chi connectivity index (χ4n) is 2.61. The summed E-state index contributed by atoms with van der Waals surface area (Å²) >= 11 is 7.86. The third-order valence-electron chi connectivity index (χ3n) is 3.98. The van der Waals surface area contributed by atoms with E-state index in [1.54, 1.807) is 0 Å². The molecule has 0 nitrogen and oxygen atoms in total. The molecule has 24 heavy (non-hydrogen) atoms. The topological polar surface area (TPSA) is 0 Å². The Labute approximate surface area is 153 Å². The van der Waals surface area contributed by atoms with Crippen LogP contribution in [0, 0.1) is 0 Å². The quantitative estimate of drug-likeness (QED) is 0.436. The van der Waals surface area contributed by atoms with Crippen LogP contribution in [0.2, 0.25) is 5.02 Å². The van der Waals surface area contributed by atoms with Gasteiger partial charge in [-0.1, -0.05) is 78.8 Å². The number of thioether (sulfide) groups is 1. The molecule has 0 saturated heterocycles. The molecular weight excluding hydrogens is 332 g/mol. The van der Waals surface area contributed by atoms with Gasteiger partial charge in [0.25, 0.3) is 0 Å². The second-order valence-corrected chi connectivity index (χ2v) is 7.47. The first-order valence-electron chi connectivity index (χ1n) is 7.91. The summed E-state index contributed by atoms with van der Waals surface area (Å²) in [7, 11) is 0. The van der Waals surface area contributed by atoms with Crippen molar-refractivity contribution in [1.82, 2.24) is 0 Å². The van der Waals surface area contributed by atoms with E-state index in [1.165, 1.54) is 16.0 Å². The zero-order chi connectivity index (χ0) is 16.9. The molecule has 2 heteroatoms. The molecule has 0 spiro atoms. The second kappa shape index (κ2) is 7.74. The molecule has 0 fully saturated rings. The summed E-state index contributed by atoms with van der Waals surface area (Å²) in [6.07, 6.45) is 0. The van der Waals surface area contributed by atoms with E-state index in [9.17, 15) is 0 Å². The van der Waals surface area contributed by atoms with Gasteiger partial charge < -0.3 is 0 Å². The minimum atomic E-state index is 0.380. The van der Waals surface area contributed by atoms with Crippen molar-refractivity contribution in [3.8, 4) is 0 Å². The molecule has 0 aliphatic carbocycles. The van der Waals surface area contributed by atoms with E-state index in [0.717, 1.165) is 16.2 Å². The first kappa shape index (κ1) is 16.9. The fraction of sp³-hybridized carbons (Fsp3) is 0.0909. The molecular formula is C22H19ClS. The molecule has 0 aliphatic rings. The third-order valence-corrected chi connectivity index (χ3v) is 5.47. The minimum Gasteiger partial charge on any atom is -0.118 e. The van der Waals surface area contributed by atoms with Gasteiger partial charge in [0.15, 0.2) is 0 Å². The van der Waals surface area contributed by atoms with Crippen LogP contribution in [0.3, 0.4) is 0 Å². The molecule has 0 amide bonds. The van der Waals surface area contributed by atoms with Crippen LogP contribution in [0.4, 0.5) is 0 Å². The second-order valence-electron chi connectivity index (χ2n) is 5.65. The van der Waals surface area contributed by atoms with Gasteiger partial charge in [0, 0.05) is 15.2 Å². The van der Waals surface area contributed by atoms with Gasteiger partial charge in [-0.15, -0.1) is 11.8 Å². The van der Waals surface area contributed by atoms with Crippen molar-refractivity contribution in [1.29, 1.82) is 0 Å². The van der Waals surface area contributed by atoms with Gasteiger partial charge in [-0.2, -0.15) is 0 Å². The van der Waals surface area contributed by atoms with Gasteiger partial charge in [-0.3, -0.25) is 0 Å². The highest BCUT2D eigenvalue weighted by Crippen LogP contribution is 2.39. The monoisotopic (exact) mass is 350 g/mol. The molecule has 0 heterocycles. The Morgan fingerprint density at radius 3 is 2.21 bits per heavy atom. The van der Waals surface area contributed by atoms with E-state index in [-0.39, 0.29) is 0 Å². The Morgan fingerprint density at radius 1 is 0.875 bits per heavy atom. The lowest BCUT2D eigenvalue weighted by atomic mass is 10.00. The van der Waals surface area contributed by atoms with E-state index < -0.39 is 0 Å². The maximum absolute atomic E-state index is 6.00. The predicted octanol–water partition coefficient (Wildman–Crippen LogP) is 7.25. The third kappa shape index (κ3) is 3.92. The average molecular weight is 351 g/mol. The van der Waals surface area contributed by atoms with Crippen LogP contribution in [-0.4, -0.2) is 0 Å². The molecule has 3 aromatic carbocycles. The lowest BCUT2D eigenvalue weighted by Gasteiger charge is -2.16. The fourth-order valence-corrected chi connectivity index (χ4v) is 3.88. The normalized spacial score (nSPS) is 11.9. The van der Waals surface area contributed by atoms with Gasteiger partial charge in [0.05, 0.1) is 0 Å². The summed E-state index contributed by atoms with van der Waals surface area (Å²) in [5, 5.41) is 1.12. The van der Waals surface area contributed by atoms with E-state index in [4.69, 9.17) is 11.6 Å². The largest absolute Gasteiger partial charge is 0.118 e. The summed E-state index contributed by atoms with van der Waals surface area (Å²) in [5.41, 5.74) is 4.62. The zero-order valence-corrected chi connectivity index (χ0v) is 15.1. The van der Waals surface area contributed by atoms with Crippen LogP contribution in [-0.2, 0) is 0 Å². The van der Waals surface area contributed by atoms with E-state index in [2.05, 4.69) is 68.1 Å². The van der Waals surface area contributed by atoms with Crippen LogP contribution >= 0.6 is 23.4 Å². The SMILES string of the molecule is C=C(c1ccc(Cl)cc1)c1ccccc1SC(C)c1ccccc1. The van der Waals surface area contributed by atoms with Crippen LogP contribution in [0.1, 0.15) is 28.9 Å². The molecule has 0 aromatic heterocycles. The Kier molecular flexibility index (Phi) is 5.44. The number of rotatable bonds is 5. The molecule has 3 rings (SSSR count). The van der Waals surface area contributed by atoms with E-state index in [1.807, 2.05) is 36.0 Å². The van der Waals surface area contributed by atoms with Crippen molar-refractivity contribution in [2.75, 3.05) is 0 Å². The van der Waals surface area contributed by atoms with Gasteiger partial charge >= 0.3 is 0 Å². The molecule has 120 valence electrons. The highest BCUT2D eigenvalue weighted by atomic mass is 35.5. The molecule has 1 unspecified atom stereocenters. The van der Waals surface area contributed by atoms with Crippen molar-refractivity contribution < 1.29 is 0 Å². The van der Waals surface area contributed by atoms with Crippen molar-refractivity contribution in [2.24, 2.45) is 0 Å². The number of hydrogen-bond donors (Lipinski definition) is 0. The molecule has 3 aromatic rings. The van der Waals surface area contributed by atoms with Crippen molar-refractivity contribution in [2.45, 2.75) is 17.1 Å². The highest BCUT2D eigenvalue weighted by Gasteiger charge is 2.12. The van der Waals surface area contributed by atoms with Crippen LogP contribution in [0.15, 0.2) is 90.3 Å². The minimum absolute atomic E-state index is 0.380. The summed E-state index contributed by atoms with van der Waals surface area (Å²) in [5.74, 6) is 0. The van der Waals surface area contributed by atoms with Crippen LogP contribution in [0.5, 0.6) is 0 Å². The van der Waals surface area contributed by atoms with Gasteiger partial charge in [0.1, 0.15) is 0 Å². The maximum Gasteiger partial charge on any atom is 0.0406 e. The number of halogens is 1. The predicted molar refractivity (Wildman–Crippen MR) is 107 cm³/mol. The standard InChI is InChI=1S/C22H19ClS/c1-16(18-12-14-20(23)15-13-18)21-10-6-7-11-22(21)24-17(2)19-8-4-3-5-9-19/h3-15,17H,1H2,2H3. The zero-order valence-electron chi connectivity index (χ0n) is 13.6. The van der Waals surface area contributed by atoms with Gasteiger partial charge in [0.2, 0.25) is 0 Å². The van der Waals surface area contributed by atoms with E-state index in [0.29, 0.717) is 5.25 Å². The lowest BCUT2D eigenvalue weighted by molar-refractivity contribution is 1.09. The van der Waals surface area contributed by atoms with Crippen molar-refractivity contribution in [3.63, 3.8) is 0 Å².